The van der Waals surface area contributed by atoms with Crippen molar-refractivity contribution in [1.82, 2.24) is 14.9 Å². The van der Waals surface area contributed by atoms with Gasteiger partial charge in [-0.3, -0.25) is 19.6 Å². The molecule has 200 valence electrons. The minimum atomic E-state index is -0.450. The fourth-order valence-electron chi connectivity index (χ4n) is 4.99. The van der Waals surface area contributed by atoms with Gasteiger partial charge in [-0.15, -0.1) is 0 Å². The standard InChI is InChI=1S/C31H26N4O5/c1-39-26-8-2-20(3-9-26)17-34-18-23-14-24(33-16-28(23)29(34)36)11-13-40-31(38)21-4-6-25(7-5-21)35-19-22-10-12-32-15-27(22)30(35)37/h2-10,12,14-16H,11,13,17-19H2,1H3. The summed E-state index contributed by atoms with van der Waals surface area (Å²) in [4.78, 5) is 50.0. The van der Waals surface area contributed by atoms with Crippen LogP contribution in [0.15, 0.2) is 79.3 Å². The average Bonchev–Trinajstić information content (AvgIpc) is 3.49. The number of ether oxygens (including phenoxy) is 2. The molecule has 9 nitrogen and oxygen atoms in total. The molecule has 2 amide bonds. The Morgan fingerprint density at radius 3 is 2.42 bits per heavy atom. The Morgan fingerprint density at radius 2 is 1.68 bits per heavy atom. The van der Waals surface area contributed by atoms with Crippen molar-refractivity contribution < 1.29 is 23.9 Å². The molecule has 0 atom stereocenters. The lowest BCUT2D eigenvalue weighted by atomic mass is 10.1. The third-order valence-electron chi connectivity index (χ3n) is 7.18. The van der Waals surface area contributed by atoms with Gasteiger partial charge in [0, 0.05) is 49.5 Å². The van der Waals surface area contributed by atoms with E-state index in [2.05, 4.69) is 9.97 Å². The summed E-state index contributed by atoms with van der Waals surface area (Å²) in [5.41, 5.74) is 5.92. The number of fused-ring (bicyclic) bond motifs is 2. The van der Waals surface area contributed by atoms with Gasteiger partial charge in [0.05, 0.1) is 37.0 Å². The number of hydrogen-bond acceptors (Lipinski definition) is 7. The molecule has 0 fully saturated rings. The number of benzene rings is 2. The smallest absolute Gasteiger partial charge is 0.338 e. The molecule has 4 aromatic rings. The van der Waals surface area contributed by atoms with Crippen molar-refractivity contribution in [3.8, 4) is 5.75 Å². The Bertz CT molecular complexity index is 1600. The normalized spacial score (nSPS) is 13.8. The molecule has 2 aliphatic heterocycles. The lowest BCUT2D eigenvalue weighted by Crippen LogP contribution is -2.23. The zero-order valence-corrected chi connectivity index (χ0v) is 21.9. The maximum Gasteiger partial charge on any atom is 0.338 e. The predicted molar refractivity (Wildman–Crippen MR) is 146 cm³/mol. The summed E-state index contributed by atoms with van der Waals surface area (Å²) in [6.07, 6.45) is 5.29. The summed E-state index contributed by atoms with van der Waals surface area (Å²) < 4.78 is 10.7. The van der Waals surface area contributed by atoms with Crippen molar-refractivity contribution in [2.45, 2.75) is 26.1 Å². The van der Waals surface area contributed by atoms with E-state index in [1.807, 2.05) is 36.4 Å². The molecule has 0 unspecified atom stereocenters. The van der Waals surface area contributed by atoms with Crippen molar-refractivity contribution >= 4 is 23.5 Å². The van der Waals surface area contributed by atoms with E-state index in [4.69, 9.17) is 9.47 Å². The van der Waals surface area contributed by atoms with Crippen molar-refractivity contribution in [1.29, 1.82) is 0 Å². The quantitative estimate of drug-likeness (QED) is 0.312. The number of aromatic nitrogens is 2. The third kappa shape index (κ3) is 4.89. The van der Waals surface area contributed by atoms with Gasteiger partial charge in [-0.25, -0.2) is 4.79 Å². The van der Waals surface area contributed by atoms with Crippen molar-refractivity contribution in [2.75, 3.05) is 18.6 Å². The minimum Gasteiger partial charge on any atom is -0.497 e. The first kappa shape index (κ1) is 25.2. The van der Waals surface area contributed by atoms with Crippen LogP contribution in [0, 0.1) is 0 Å². The van der Waals surface area contributed by atoms with Crippen LogP contribution in [0.2, 0.25) is 0 Å². The Kier molecular flexibility index (Phi) is 6.69. The Hall–Kier alpha value is -5.05. The van der Waals surface area contributed by atoms with Gasteiger partial charge in [-0.05, 0) is 65.2 Å². The van der Waals surface area contributed by atoms with Gasteiger partial charge in [0.15, 0.2) is 0 Å². The number of anilines is 1. The second kappa shape index (κ2) is 10.6. The van der Waals surface area contributed by atoms with E-state index < -0.39 is 5.97 Å². The van der Waals surface area contributed by atoms with Gasteiger partial charge in [-0.2, -0.15) is 0 Å². The number of carbonyl (C=O) groups excluding carboxylic acids is 3. The van der Waals surface area contributed by atoms with E-state index in [-0.39, 0.29) is 18.4 Å². The average molecular weight is 535 g/mol. The zero-order valence-electron chi connectivity index (χ0n) is 21.9. The van der Waals surface area contributed by atoms with Crippen LogP contribution in [-0.4, -0.2) is 46.4 Å². The molecular weight excluding hydrogens is 508 g/mol. The first-order chi connectivity index (χ1) is 19.5. The molecular formula is C31H26N4O5. The van der Waals surface area contributed by atoms with E-state index in [0.29, 0.717) is 48.4 Å². The maximum atomic E-state index is 12.8. The van der Waals surface area contributed by atoms with E-state index in [9.17, 15) is 14.4 Å². The highest BCUT2D eigenvalue weighted by molar-refractivity contribution is 6.09. The van der Waals surface area contributed by atoms with Gasteiger partial charge < -0.3 is 19.3 Å². The molecule has 40 heavy (non-hydrogen) atoms. The van der Waals surface area contributed by atoms with Crippen LogP contribution in [0.25, 0.3) is 0 Å². The summed E-state index contributed by atoms with van der Waals surface area (Å²) in [6.45, 7) is 1.63. The molecule has 0 N–H and O–H groups in total. The fraction of sp³-hybridized carbons (Fsp3) is 0.194. The van der Waals surface area contributed by atoms with E-state index in [1.165, 1.54) is 0 Å². The van der Waals surface area contributed by atoms with Crippen LogP contribution in [-0.2, 0) is 30.8 Å². The van der Waals surface area contributed by atoms with Crippen LogP contribution in [0.1, 0.15) is 53.5 Å². The summed E-state index contributed by atoms with van der Waals surface area (Å²) >= 11 is 0. The Labute approximate surface area is 231 Å². The zero-order chi connectivity index (χ0) is 27.6. The SMILES string of the molecule is COc1ccc(CN2Cc3cc(CCOC(=O)c4ccc(N5Cc6ccncc6C5=O)cc4)ncc3C2=O)cc1. The first-order valence-corrected chi connectivity index (χ1v) is 12.9. The number of hydrogen-bond donors (Lipinski definition) is 0. The fourth-order valence-corrected chi connectivity index (χ4v) is 4.99. The molecule has 2 aliphatic rings. The van der Waals surface area contributed by atoms with Crippen LogP contribution >= 0.6 is 0 Å². The minimum absolute atomic E-state index is 0.0454. The molecule has 0 aliphatic carbocycles. The number of methoxy groups -OCH3 is 1. The lowest BCUT2D eigenvalue weighted by molar-refractivity contribution is 0.0508. The molecule has 2 aromatic carbocycles. The summed E-state index contributed by atoms with van der Waals surface area (Å²) in [5, 5.41) is 0. The van der Waals surface area contributed by atoms with Crippen molar-refractivity contribution in [2.24, 2.45) is 0 Å². The molecule has 4 heterocycles. The highest BCUT2D eigenvalue weighted by Crippen LogP contribution is 2.28. The number of esters is 1. The third-order valence-corrected chi connectivity index (χ3v) is 7.18. The van der Waals surface area contributed by atoms with Crippen LogP contribution in [0.5, 0.6) is 5.75 Å². The summed E-state index contributed by atoms with van der Waals surface area (Å²) in [5.74, 6) is 0.171. The van der Waals surface area contributed by atoms with Gasteiger partial charge in [0.2, 0.25) is 0 Å². The molecule has 0 saturated carbocycles. The Morgan fingerprint density at radius 1 is 0.900 bits per heavy atom. The van der Waals surface area contributed by atoms with E-state index in [0.717, 1.165) is 28.1 Å². The monoisotopic (exact) mass is 534 g/mol. The second-order valence-corrected chi connectivity index (χ2v) is 9.70. The molecule has 6 rings (SSSR count). The summed E-state index contributed by atoms with van der Waals surface area (Å²) in [7, 11) is 1.62. The highest BCUT2D eigenvalue weighted by Gasteiger charge is 2.29. The number of carbonyl (C=O) groups is 3. The number of pyridine rings is 2. The van der Waals surface area contributed by atoms with Crippen molar-refractivity contribution in [3.05, 3.63) is 118 Å². The van der Waals surface area contributed by atoms with Crippen LogP contribution in [0.3, 0.4) is 0 Å². The highest BCUT2D eigenvalue weighted by atomic mass is 16.5. The molecule has 0 saturated heterocycles. The molecule has 2 aromatic heterocycles. The Balaban J connectivity index is 1.02. The molecule has 0 spiro atoms. The largest absolute Gasteiger partial charge is 0.497 e. The van der Waals surface area contributed by atoms with Gasteiger partial charge in [0.1, 0.15) is 5.75 Å². The molecule has 9 heteroatoms. The van der Waals surface area contributed by atoms with Crippen LogP contribution in [0.4, 0.5) is 5.69 Å². The predicted octanol–water partition coefficient (Wildman–Crippen LogP) is 4.20. The first-order valence-electron chi connectivity index (χ1n) is 12.9. The van der Waals surface area contributed by atoms with Gasteiger partial charge in [0.25, 0.3) is 11.8 Å². The van der Waals surface area contributed by atoms with E-state index in [1.54, 1.807) is 59.8 Å². The van der Waals surface area contributed by atoms with E-state index >= 15 is 0 Å². The lowest BCUT2D eigenvalue weighted by Gasteiger charge is -2.16. The summed E-state index contributed by atoms with van der Waals surface area (Å²) in [6, 6.07) is 18.2. The van der Waals surface area contributed by atoms with Gasteiger partial charge in [-0.1, -0.05) is 12.1 Å². The number of nitrogens with zero attached hydrogens (tertiary/aromatic N) is 4. The molecule has 0 radical (unpaired) electrons. The maximum absolute atomic E-state index is 12.8. The molecule has 0 bridgehead atoms. The number of amides is 2. The topological polar surface area (TPSA) is 102 Å². The van der Waals surface area contributed by atoms with Crippen LogP contribution < -0.4 is 9.64 Å². The number of rotatable bonds is 8. The van der Waals surface area contributed by atoms with Crippen molar-refractivity contribution in [3.63, 3.8) is 0 Å². The van der Waals surface area contributed by atoms with Gasteiger partial charge >= 0.3 is 5.97 Å². The second-order valence-electron chi connectivity index (χ2n) is 9.70.